The van der Waals surface area contributed by atoms with Gasteiger partial charge in [-0.2, -0.15) is 16.8 Å². The molecule has 10 heteroatoms. The van der Waals surface area contributed by atoms with E-state index in [0.29, 0.717) is 0 Å². The van der Waals surface area contributed by atoms with Crippen molar-refractivity contribution in [2.24, 2.45) is 0 Å². The van der Waals surface area contributed by atoms with Crippen LogP contribution in [-0.2, 0) is 20.2 Å². The Morgan fingerprint density at radius 1 is 0.441 bits per heavy atom. The maximum Gasteiger partial charge on any atom is 0.339 e. The summed E-state index contributed by atoms with van der Waals surface area (Å²) in [6.07, 6.45) is 0. The number of rotatable bonds is 9. The van der Waals surface area contributed by atoms with E-state index in [2.05, 4.69) is 0 Å². The highest BCUT2D eigenvalue weighted by molar-refractivity contribution is 8.76. The van der Waals surface area contributed by atoms with E-state index in [4.69, 9.17) is 8.37 Å². The van der Waals surface area contributed by atoms with Crippen LogP contribution in [0.3, 0.4) is 0 Å². The van der Waals surface area contributed by atoms with Crippen LogP contribution >= 0.6 is 21.6 Å². The van der Waals surface area contributed by atoms with Gasteiger partial charge in [-0.1, -0.05) is 58.0 Å². The van der Waals surface area contributed by atoms with Gasteiger partial charge < -0.3 is 8.37 Å². The summed E-state index contributed by atoms with van der Waals surface area (Å²) in [4.78, 5) is 1.96. The first-order valence-electron chi connectivity index (χ1n) is 9.86. The Bertz CT molecular complexity index is 1320. The fourth-order valence-corrected chi connectivity index (χ4v) is 6.55. The summed E-state index contributed by atoms with van der Waals surface area (Å²) in [5.41, 5.74) is 0. The first-order valence-corrected chi connectivity index (χ1v) is 14.8. The molecule has 0 heterocycles. The summed E-state index contributed by atoms with van der Waals surface area (Å²) in [7, 11) is -4.84. The van der Waals surface area contributed by atoms with E-state index in [1.807, 2.05) is 0 Å². The predicted molar refractivity (Wildman–Crippen MR) is 133 cm³/mol. The Kier molecular flexibility index (Phi) is 7.52. The highest BCUT2D eigenvalue weighted by Gasteiger charge is 2.17. The minimum Gasteiger partial charge on any atom is -0.379 e. The van der Waals surface area contributed by atoms with E-state index in [-0.39, 0.29) is 21.3 Å². The lowest BCUT2D eigenvalue weighted by Crippen LogP contribution is -2.09. The van der Waals surface area contributed by atoms with Crippen molar-refractivity contribution in [3.05, 3.63) is 109 Å². The van der Waals surface area contributed by atoms with Gasteiger partial charge in [0, 0.05) is 9.79 Å². The van der Waals surface area contributed by atoms with Gasteiger partial charge in [0.1, 0.15) is 21.3 Å². The molecular formula is C24H18O6S4. The van der Waals surface area contributed by atoms with Crippen molar-refractivity contribution in [3.63, 3.8) is 0 Å². The van der Waals surface area contributed by atoms with Gasteiger partial charge in [-0.05, 0) is 72.8 Å². The number of benzene rings is 4. The van der Waals surface area contributed by atoms with E-state index >= 15 is 0 Å². The molecule has 0 aliphatic rings. The van der Waals surface area contributed by atoms with E-state index in [9.17, 15) is 16.8 Å². The molecule has 0 aliphatic carbocycles. The molecule has 0 unspecified atom stereocenters. The highest BCUT2D eigenvalue weighted by atomic mass is 33.1. The normalized spacial score (nSPS) is 11.6. The standard InChI is InChI=1S/C24H18O6S4/c25-33(26,23-7-3-1-4-8-23)29-19-11-15-21(16-12-19)31-32-22-17-13-20(14-18-22)30-34(27,28)24-9-5-2-6-10-24/h1-18H. The molecule has 0 radical (unpaired) electrons. The van der Waals surface area contributed by atoms with Gasteiger partial charge in [0.2, 0.25) is 0 Å². The minimum atomic E-state index is -3.88. The zero-order valence-corrected chi connectivity index (χ0v) is 20.7. The molecule has 0 atom stereocenters. The molecule has 174 valence electrons. The van der Waals surface area contributed by atoms with Crippen LogP contribution < -0.4 is 8.37 Å². The molecule has 4 aromatic rings. The Balaban J connectivity index is 1.33. The van der Waals surface area contributed by atoms with E-state index in [1.54, 1.807) is 84.9 Å². The highest BCUT2D eigenvalue weighted by Crippen LogP contribution is 2.38. The summed E-state index contributed by atoms with van der Waals surface area (Å²) in [6, 6.07) is 29.3. The van der Waals surface area contributed by atoms with Gasteiger partial charge in [-0.3, -0.25) is 0 Å². The van der Waals surface area contributed by atoms with Gasteiger partial charge in [0.25, 0.3) is 0 Å². The van der Waals surface area contributed by atoms with Crippen molar-refractivity contribution in [1.82, 2.24) is 0 Å². The molecule has 4 aromatic carbocycles. The van der Waals surface area contributed by atoms with Gasteiger partial charge in [-0.25, -0.2) is 0 Å². The Labute approximate surface area is 206 Å². The van der Waals surface area contributed by atoms with E-state index < -0.39 is 20.2 Å². The topological polar surface area (TPSA) is 86.7 Å². The summed E-state index contributed by atoms with van der Waals surface area (Å²) >= 11 is 0. The molecule has 0 amide bonds. The molecule has 0 aliphatic heterocycles. The third-order valence-electron chi connectivity index (χ3n) is 4.36. The van der Waals surface area contributed by atoms with E-state index in [1.165, 1.54) is 45.9 Å². The number of hydrogen-bond donors (Lipinski definition) is 0. The van der Waals surface area contributed by atoms with Crippen molar-refractivity contribution in [2.75, 3.05) is 0 Å². The SMILES string of the molecule is O=S(=O)(Oc1ccc(SSc2ccc(OS(=O)(=O)c3ccccc3)cc2)cc1)c1ccccc1. The fraction of sp³-hybridized carbons (Fsp3) is 0. The average Bonchev–Trinajstić information content (AvgIpc) is 2.85. The molecule has 4 rings (SSSR count). The quantitative estimate of drug-likeness (QED) is 0.192. The molecular weight excluding hydrogens is 513 g/mol. The van der Waals surface area contributed by atoms with Crippen LogP contribution in [-0.4, -0.2) is 16.8 Å². The second-order valence-electron chi connectivity index (χ2n) is 6.81. The maximum atomic E-state index is 12.3. The van der Waals surface area contributed by atoms with Crippen LogP contribution in [0.2, 0.25) is 0 Å². The Hall–Kier alpha value is -2.92. The first-order chi connectivity index (χ1) is 16.3. The van der Waals surface area contributed by atoms with Crippen molar-refractivity contribution < 1.29 is 25.2 Å². The molecule has 6 nitrogen and oxygen atoms in total. The zero-order chi connectivity index (χ0) is 24.0. The summed E-state index contributed by atoms with van der Waals surface area (Å²) < 4.78 is 59.6. The molecule has 0 saturated heterocycles. The van der Waals surface area contributed by atoms with Crippen LogP contribution in [0.25, 0.3) is 0 Å². The second kappa shape index (κ2) is 10.6. The van der Waals surface area contributed by atoms with Crippen LogP contribution in [0, 0.1) is 0 Å². The predicted octanol–water partition coefficient (Wildman–Crippen LogP) is 6.02. The Morgan fingerprint density at radius 3 is 1.09 bits per heavy atom. The monoisotopic (exact) mass is 530 g/mol. The molecule has 0 aromatic heterocycles. The molecule has 34 heavy (non-hydrogen) atoms. The summed E-state index contributed by atoms with van der Waals surface area (Å²) in [5.74, 6) is 0.443. The third kappa shape index (κ3) is 6.35. The minimum absolute atomic E-state index is 0.0907. The fourth-order valence-electron chi connectivity index (χ4n) is 2.72. The van der Waals surface area contributed by atoms with Gasteiger partial charge in [-0.15, -0.1) is 0 Å². The van der Waals surface area contributed by atoms with Crippen molar-refractivity contribution >= 4 is 41.8 Å². The molecule has 0 fully saturated rings. The van der Waals surface area contributed by atoms with Crippen LogP contribution in [0.4, 0.5) is 0 Å². The van der Waals surface area contributed by atoms with Crippen LogP contribution in [0.15, 0.2) is 129 Å². The lowest BCUT2D eigenvalue weighted by atomic mass is 10.3. The molecule has 0 spiro atoms. The van der Waals surface area contributed by atoms with Crippen molar-refractivity contribution in [1.29, 1.82) is 0 Å². The smallest absolute Gasteiger partial charge is 0.339 e. The van der Waals surface area contributed by atoms with Crippen molar-refractivity contribution in [3.8, 4) is 11.5 Å². The van der Waals surface area contributed by atoms with Gasteiger partial charge >= 0.3 is 20.2 Å². The second-order valence-corrected chi connectivity index (χ2v) is 12.2. The molecule has 0 bridgehead atoms. The van der Waals surface area contributed by atoms with Crippen LogP contribution in [0.5, 0.6) is 11.5 Å². The Morgan fingerprint density at radius 2 is 0.765 bits per heavy atom. The maximum absolute atomic E-state index is 12.3. The average molecular weight is 531 g/mol. The molecule has 0 saturated carbocycles. The third-order valence-corrected chi connectivity index (χ3v) is 9.30. The van der Waals surface area contributed by atoms with E-state index in [0.717, 1.165) is 9.79 Å². The summed E-state index contributed by atoms with van der Waals surface area (Å²) in [6.45, 7) is 0. The zero-order valence-electron chi connectivity index (χ0n) is 17.5. The molecule has 0 N–H and O–H groups in total. The number of hydrogen-bond acceptors (Lipinski definition) is 8. The lowest BCUT2D eigenvalue weighted by Gasteiger charge is -2.08. The largest absolute Gasteiger partial charge is 0.379 e. The first kappa shape index (κ1) is 24.2. The van der Waals surface area contributed by atoms with Crippen molar-refractivity contribution in [2.45, 2.75) is 19.6 Å². The van der Waals surface area contributed by atoms with Crippen LogP contribution in [0.1, 0.15) is 0 Å². The lowest BCUT2D eigenvalue weighted by molar-refractivity contribution is 0.484. The van der Waals surface area contributed by atoms with Gasteiger partial charge in [0.15, 0.2) is 0 Å². The van der Waals surface area contributed by atoms with Gasteiger partial charge in [0.05, 0.1) is 0 Å². The summed E-state index contributed by atoms with van der Waals surface area (Å²) in [5, 5.41) is 0.